The summed E-state index contributed by atoms with van der Waals surface area (Å²) in [7, 11) is -9.38. The van der Waals surface area contributed by atoms with E-state index in [0.29, 0.717) is 34.5 Å². The summed E-state index contributed by atoms with van der Waals surface area (Å²) in [6.45, 7) is 7.11. The van der Waals surface area contributed by atoms with Crippen LogP contribution in [0.5, 0.6) is 5.75 Å². The summed E-state index contributed by atoms with van der Waals surface area (Å²) in [4.78, 5) is 2.27. The minimum absolute atomic E-state index is 0.00781. The molecule has 0 unspecified atom stereocenters. The number of aromatic hydroxyl groups is 1. The molecule has 6 aromatic carbocycles. The van der Waals surface area contributed by atoms with Gasteiger partial charge in [-0.2, -0.15) is 21.9 Å². The zero-order chi connectivity index (χ0) is 37.2. The van der Waals surface area contributed by atoms with Gasteiger partial charge in [-0.25, -0.2) is 10.1 Å². The molecule has 0 atom stereocenters. The van der Waals surface area contributed by atoms with Gasteiger partial charge in [0, 0.05) is 16.2 Å². The van der Waals surface area contributed by atoms with Crippen LogP contribution in [0.1, 0.15) is 0 Å². The van der Waals surface area contributed by atoms with E-state index in [2.05, 4.69) is 34.7 Å². The van der Waals surface area contributed by atoms with Crippen molar-refractivity contribution in [1.82, 2.24) is 0 Å². The Morgan fingerprint density at radius 1 is 0.712 bits per heavy atom. The van der Waals surface area contributed by atoms with Gasteiger partial charge in [-0.05, 0) is 71.1 Å². The smallest absolute Gasteiger partial charge is 0.296 e. The Labute approximate surface area is 298 Å². The van der Waals surface area contributed by atoms with E-state index in [9.17, 15) is 31.0 Å². The van der Waals surface area contributed by atoms with Gasteiger partial charge in [-0.3, -0.25) is 9.11 Å². The lowest BCUT2D eigenvalue weighted by Gasteiger charge is -2.11. The van der Waals surface area contributed by atoms with Crippen LogP contribution in [0.4, 0.5) is 34.1 Å². The molecular formula is C33H22N6O10S3. The summed E-state index contributed by atoms with van der Waals surface area (Å²) < 4.78 is 71.5. The third-order valence-corrected chi connectivity index (χ3v) is 9.96. The van der Waals surface area contributed by atoms with Crippen molar-refractivity contribution >= 4 is 87.9 Å². The van der Waals surface area contributed by atoms with Gasteiger partial charge < -0.3 is 10.8 Å². The number of nitrogen functional groups attached to an aromatic ring is 1. The standard InChI is InChI=1S/C33H22N6O10S3/c1-35-21-6-2-18(3-7-21)19-4-8-22(9-5-19)36-37-28-12-13-29(26-16-23(51(42,43)44)10-11-24(26)28)38-39-32-30(50-49-48-41)14-20-15-31(52(45,46)47)27(34)17-25(20)33(32)40/h2-17,40-41H,34H2,(H,42,43,44)(H,45,46,47). The number of nitrogens with zero attached hydrogens (tertiary/aromatic N) is 5. The van der Waals surface area contributed by atoms with Crippen molar-refractivity contribution in [3.8, 4) is 16.9 Å². The van der Waals surface area contributed by atoms with Crippen LogP contribution in [0.15, 0.2) is 132 Å². The van der Waals surface area contributed by atoms with Crippen LogP contribution in [-0.2, 0) is 29.6 Å². The number of nitrogens with two attached hydrogens (primary N) is 1. The Morgan fingerprint density at radius 3 is 1.96 bits per heavy atom. The number of fused-ring (bicyclic) bond motifs is 2. The third kappa shape index (κ3) is 7.59. The molecular weight excluding hydrogens is 737 g/mol. The molecule has 0 saturated heterocycles. The molecule has 6 aromatic rings. The Bertz CT molecular complexity index is 2700. The first kappa shape index (κ1) is 36.0. The molecule has 19 heteroatoms. The average molecular weight is 759 g/mol. The molecule has 52 heavy (non-hydrogen) atoms. The zero-order valence-corrected chi connectivity index (χ0v) is 28.5. The molecule has 0 saturated carbocycles. The van der Waals surface area contributed by atoms with E-state index in [1.807, 2.05) is 24.3 Å². The number of rotatable bonds is 10. The molecule has 0 heterocycles. The monoisotopic (exact) mass is 758 g/mol. The summed E-state index contributed by atoms with van der Waals surface area (Å²) >= 11 is 0.367. The first-order valence-corrected chi connectivity index (χ1v) is 18.1. The lowest BCUT2D eigenvalue weighted by molar-refractivity contribution is -0.432. The Morgan fingerprint density at radius 2 is 1.35 bits per heavy atom. The largest absolute Gasteiger partial charge is 0.505 e. The Balaban J connectivity index is 1.41. The second kappa shape index (κ2) is 14.4. The van der Waals surface area contributed by atoms with Crippen molar-refractivity contribution in [1.29, 1.82) is 0 Å². The van der Waals surface area contributed by atoms with Gasteiger partial charge in [-0.15, -0.1) is 19.7 Å². The van der Waals surface area contributed by atoms with E-state index in [0.717, 1.165) is 29.3 Å². The van der Waals surface area contributed by atoms with E-state index < -0.39 is 35.8 Å². The quantitative estimate of drug-likeness (QED) is 0.0167. The van der Waals surface area contributed by atoms with E-state index in [4.69, 9.17) is 17.6 Å². The maximum atomic E-state index is 12.1. The normalized spacial score (nSPS) is 12.3. The Kier molecular flexibility index (Phi) is 9.99. The van der Waals surface area contributed by atoms with Crippen molar-refractivity contribution < 1.29 is 45.7 Å². The highest BCUT2D eigenvalue weighted by molar-refractivity contribution is 7.94. The molecule has 0 radical (unpaired) electrons. The summed E-state index contributed by atoms with van der Waals surface area (Å²) in [5.41, 5.74) is 8.39. The number of benzene rings is 6. The van der Waals surface area contributed by atoms with Gasteiger partial charge in [0.25, 0.3) is 20.2 Å². The molecule has 0 spiro atoms. The van der Waals surface area contributed by atoms with E-state index >= 15 is 0 Å². The lowest BCUT2D eigenvalue weighted by atomic mass is 10.1. The van der Waals surface area contributed by atoms with Crippen LogP contribution in [0.2, 0.25) is 0 Å². The van der Waals surface area contributed by atoms with Crippen molar-refractivity contribution in [3.63, 3.8) is 0 Å². The van der Waals surface area contributed by atoms with Gasteiger partial charge in [-0.1, -0.05) is 47.5 Å². The lowest BCUT2D eigenvalue weighted by Crippen LogP contribution is -2.03. The molecule has 16 nitrogen and oxygen atoms in total. The van der Waals surface area contributed by atoms with Crippen LogP contribution in [-0.4, -0.2) is 36.3 Å². The second-order valence-corrected chi connectivity index (χ2v) is 14.3. The van der Waals surface area contributed by atoms with E-state index in [1.54, 1.807) is 24.3 Å². The molecule has 0 bridgehead atoms. The van der Waals surface area contributed by atoms with Gasteiger partial charge in [0.1, 0.15) is 10.6 Å². The fourth-order valence-electron chi connectivity index (χ4n) is 5.12. The van der Waals surface area contributed by atoms with Crippen LogP contribution in [0.25, 0.3) is 37.5 Å². The van der Waals surface area contributed by atoms with Gasteiger partial charge in [0.15, 0.2) is 11.4 Å². The summed E-state index contributed by atoms with van der Waals surface area (Å²) in [5.74, 6) is -0.557. The molecule has 6 N–H and O–H groups in total. The predicted octanol–water partition coefficient (Wildman–Crippen LogP) is 9.25. The maximum Gasteiger partial charge on any atom is 0.296 e. The number of azo groups is 2. The average Bonchev–Trinajstić information content (AvgIpc) is 3.12. The van der Waals surface area contributed by atoms with E-state index in [-0.39, 0.29) is 38.1 Å². The third-order valence-electron chi connectivity index (χ3n) is 7.58. The number of phenolic OH excluding ortho intramolecular Hbond substituents is 1. The van der Waals surface area contributed by atoms with Gasteiger partial charge in [0.05, 0.1) is 51.2 Å². The topological polar surface area (TPSA) is 247 Å². The molecule has 262 valence electrons. The number of phenols is 1. The highest BCUT2D eigenvalue weighted by atomic mass is 32.2. The van der Waals surface area contributed by atoms with Gasteiger partial charge >= 0.3 is 0 Å². The minimum atomic E-state index is -4.73. The maximum absolute atomic E-state index is 12.1. The highest BCUT2D eigenvalue weighted by Gasteiger charge is 2.21. The minimum Gasteiger partial charge on any atom is -0.505 e. The second-order valence-electron chi connectivity index (χ2n) is 10.8. The summed E-state index contributed by atoms with van der Waals surface area (Å²) in [6.07, 6.45) is 0. The summed E-state index contributed by atoms with van der Waals surface area (Å²) in [6, 6.07) is 24.4. The first-order chi connectivity index (χ1) is 24.8. The molecule has 0 aromatic heterocycles. The SMILES string of the molecule is [C-]#[N+]c1ccc(-c2ccc(N=Nc3ccc(N=Nc4c(SOOO)cc5cc(S(=O)(=O)O)c(N)cc5c4O)c4cc(S(=O)(=O)O)ccc34)cc2)cc1. The fraction of sp³-hybridized carbons (Fsp3) is 0. The van der Waals surface area contributed by atoms with Crippen LogP contribution in [0.3, 0.4) is 0 Å². The number of hydrogen-bond acceptors (Lipinski definition) is 14. The van der Waals surface area contributed by atoms with Crippen LogP contribution < -0.4 is 5.73 Å². The van der Waals surface area contributed by atoms with Crippen LogP contribution >= 0.6 is 12.0 Å². The number of anilines is 1. The molecule has 0 aliphatic heterocycles. The van der Waals surface area contributed by atoms with Gasteiger partial charge in [0.2, 0.25) is 0 Å². The molecule has 0 amide bonds. The predicted molar refractivity (Wildman–Crippen MR) is 191 cm³/mol. The molecule has 0 fully saturated rings. The first-order valence-electron chi connectivity index (χ1n) is 14.4. The molecule has 6 rings (SSSR count). The van der Waals surface area contributed by atoms with Crippen LogP contribution in [0, 0.1) is 6.57 Å². The molecule has 0 aliphatic rings. The number of hydrogen-bond donors (Lipinski definition) is 5. The molecule has 0 aliphatic carbocycles. The fourth-order valence-corrected chi connectivity index (χ4v) is 6.76. The van der Waals surface area contributed by atoms with Crippen molar-refractivity contribution in [2.24, 2.45) is 20.5 Å². The van der Waals surface area contributed by atoms with Crippen molar-refractivity contribution in [2.45, 2.75) is 14.7 Å². The highest BCUT2D eigenvalue weighted by Crippen LogP contribution is 2.46. The van der Waals surface area contributed by atoms with Crippen molar-refractivity contribution in [2.75, 3.05) is 5.73 Å². The van der Waals surface area contributed by atoms with Crippen molar-refractivity contribution in [3.05, 3.63) is 108 Å². The Hall–Kier alpha value is -5.82. The summed E-state index contributed by atoms with van der Waals surface area (Å²) in [5, 5.41) is 41.2. The zero-order valence-electron chi connectivity index (χ0n) is 26.0. The van der Waals surface area contributed by atoms with E-state index in [1.165, 1.54) is 30.3 Å².